The van der Waals surface area contributed by atoms with Crippen molar-refractivity contribution in [2.24, 2.45) is 5.92 Å². The summed E-state index contributed by atoms with van der Waals surface area (Å²) in [6.45, 7) is 10.1. The summed E-state index contributed by atoms with van der Waals surface area (Å²) < 4.78 is 44.1. The molecule has 0 aliphatic rings. The quantitative estimate of drug-likeness (QED) is 0.151. The van der Waals surface area contributed by atoms with Crippen LogP contribution in [0.5, 0.6) is 0 Å². The van der Waals surface area contributed by atoms with Crippen molar-refractivity contribution in [2.75, 3.05) is 26.0 Å². The van der Waals surface area contributed by atoms with Gasteiger partial charge in [-0.05, 0) is 43.9 Å². The van der Waals surface area contributed by atoms with E-state index >= 15 is 0 Å². The van der Waals surface area contributed by atoms with Gasteiger partial charge in [-0.1, -0.05) is 52.1 Å². The number of methoxy groups -OCH3 is 1. The molecule has 0 saturated carbocycles. The van der Waals surface area contributed by atoms with Crippen molar-refractivity contribution in [1.82, 2.24) is 10.6 Å². The Bertz CT molecular complexity index is 1130. The first-order valence-electron chi connectivity index (χ1n) is 13.9. The molecule has 2 aromatic rings. The molecule has 2 rings (SSSR count). The molecule has 4 N–H and O–H groups in total. The zero-order valence-corrected chi connectivity index (χ0v) is 27.2. The molecule has 0 fully saturated rings. The number of carbonyl (C=O) groups excluding carboxylic acids is 3. The van der Waals surface area contributed by atoms with Gasteiger partial charge in [0.25, 0.3) is 5.91 Å². The number of anilines is 1. The molecule has 13 heteroatoms. The number of thioether (sulfide) groups is 1. The standard InChI is InChI=1S/C22H25ClF3NO2S.C5H10N2O3.C3H8/c1-4-5-12(2)19(8-13(3)28)30-20-9-14(6-7-16(20)23)22(29)27-15-10-17(24)21(26)18(25)11-15;1-6-4(8)3-7-5(9)10-2;1-3-2/h6-7,9-13,19,28H,4-5,8H2,1-3H3,(H,27,29);3H2,1-2H3,(H,6,8)(H,7,9);3H2,1-2H3. The summed E-state index contributed by atoms with van der Waals surface area (Å²) in [7, 11) is 2.72. The molecule has 0 spiro atoms. The van der Waals surface area contributed by atoms with Gasteiger partial charge in [0.05, 0.1) is 24.8 Å². The van der Waals surface area contributed by atoms with Gasteiger partial charge < -0.3 is 25.8 Å². The van der Waals surface area contributed by atoms with E-state index in [1.54, 1.807) is 19.1 Å². The molecule has 3 atom stereocenters. The van der Waals surface area contributed by atoms with E-state index in [4.69, 9.17) is 11.6 Å². The Labute approximate surface area is 261 Å². The fourth-order valence-electron chi connectivity index (χ4n) is 3.42. The molecule has 0 aromatic heterocycles. The smallest absolute Gasteiger partial charge is 0.407 e. The molecule has 242 valence electrons. The number of carbonyl (C=O) groups is 3. The van der Waals surface area contributed by atoms with E-state index in [0.717, 1.165) is 12.8 Å². The third kappa shape index (κ3) is 15.9. The highest BCUT2D eigenvalue weighted by Crippen LogP contribution is 2.37. The van der Waals surface area contributed by atoms with Crippen molar-refractivity contribution in [3.63, 3.8) is 0 Å². The predicted octanol–water partition coefficient (Wildman–Crippen LogP) is 7.18. The van der Waals surface area contributed by atoms with Crippen molar-refractivity contribution in [3.05, 3.63) is 58.4 Å². The van der Waals surface area contributed by atoms with Crippen molar-refractivity contribution in [2.45, 2.75) is 76.6 Å². The Balaban J connectivity index is 0.00000114. The van der Waals surface area contributed by atoms with Gasteiger partial charge in [-0.25, -0.2) is 18.0 Å². The number of likely N-dealkylation sites (N-methyl/N-ethyl adjacent to an activating group) is 1. The topological polar surface area (TPSA) is 117 Å². The summed E-state index contributed by atoms with van der Waals surface area (Å²) in [4.78, 5) is 34.0. The summed E-state index contributed by atoms with van der Waals surface area (Å²) in [5.41, 5.74) is 0.0510. The summed E-state index contributed by atoms with van der Waals surface area (Å²) in [5.74, 6) is -4.90. The van der Waals surface area contributed by atoms with Crippen LogP contribution in [0.15, 0.2) is 35.2 Å². The number of rotatable bonds is 11. The third-order valence-electron chi connectivity index (χ3n) is 5.52. The fraction of sp³-hybridized carbons (Fsp3) is 0.500. The second-order valence-corrected chi connectivity index (χ2v) is 11.3. The highest BCUT2D eigenvalue weighted by atomic mass is 35.5. The molecule has 3 amide bonds. The lowest BCUT2D eigenvalue weighted by Crippen LogP contribution is -2.34. The lowest BCUT2D eigenvalue weighted by Gasteiger charge is -2.25. The molecule has 0 bridgehead atoms. The number of halogens is 4. The van der Waals surface area contributed by atoms with E-state index in [9.17, 15) is 32.7 Å². The van der Waals surface area contributed by atoms with Crippen LogP contribution in [0, 0.1) is 23.4 Å². The molecular formula is C30H43ClF3N3O5S. The van der Waals surface area contributed by atoms with E-state index in [1.807, 2.05) is 0 Å². The number of alkyl carbamates (subject to hydrolysis) is 1. The Morgan fingerprint density at radius 1 is 1.05 bits per heavy atom. The Kier molecular flexibility index (Phi) is 20.2. The van der Waals surface area contributed by atoms with Crippen molar-refractivity contribution in [1.29, 1.82) is 0 Å². The Hall–Kier alpha value is -2.96. The molecule has 0 saturated heterocycles. The number of benzene rings is 2. The number of ether oxygens (including phenoxy) is 1. The minimum absolute atomic E-state index is 0.0524. The molecule has 0 aliphatic carbocycles. The average molecular weight is 650 g/mol. The van der Waals surface area contributed by atoms with E-state index in [2.05, 4.69) is 48.4 Å². The zero-order valence-electron chi connectivity index (χ0n) is 25.7. The molecule has 0 aliphatic heterocycles. The molecule has 0 heterocycles. The monoisotopic (exact) mass is 649 g/mol. The molecular weight excluding hydrogens is 607 g/mol. The van der Waals surface area contributed by atoms with Crippen LogP contribution >= 0.6 is 23.4 Å². The Morgan fingerprint density at radius 3 is 2.12 bits per heavy atom. The Morgan fingerprint density at radius 2 is 1.63 bits per heavy atom. The van der Waals surface area contributed by atoms with E-state index in [1.165, 1.54) is 38.4 Å². The van der Waals surface area contributed by atoms with Crippen LogP contribution in [-0.2, 0) is 9.53 Å². The van der Waals surface area contributed by atoms with E-state index < -0.39 is 35.6 Å². The first-order valence-corrected chi connectivity index (χ1v) is 15.1. The number of hydrogen-bond donors (Lipinski definition) is 4. The first kappa shape index (κ1) is 40.0. The van der Waals surface area contributed by atoms with Crippen molar-refractivity contribution in [3.8, 4) is 0 Å². The summed E-state index contributed by atoms with van der Waals surface area (Å²) in [5, 5.41) is 17.3. The van der Waals surface area contributed by atoms with Crippen LogP contribution in [0.3, 0.4) is 0 Å². The highest BCUT2D eigenvalue weighted by Gasteiger charge is 2.22. The maximum absolute atomic E-state index is 13.4. The number of amides is 3. The largest absolute Gasteiger partial charge is 0.453 e. The van der Waals surface area contributed by atoms with Crippen LogP contribution in [0.4, 0.5) is 23.7 Å². The van der Waals surface area contributed by atoms with Crippen LogP contribution in [0.2, 0.25) is 5.02 Å². The lowest BCUT2D eigenvalue weighted by molar-refractivity contribution is -0.119. The number of nitrogens with one attached hydrogen (secondary N) is 3. The van der Waals surface area contributed by atoms with E-state index in [0.29, 0.717) is 34.4 Å². The van der Waals surface area contributed by atoms with Crippen LogP contribution < -0.4 is 16.0 Å². The molecule has 2 aromatic carbocycles. The van der Waals surface area contributed by atoms with Gasteiger partial charge in [0.15, 0.2) is 17.5 Å². The molecule has 8 nitrogen and oxygen atoms in total. The maximum Gasteiger partial charge on any atom is 0.407 e. The minimum Gasteiger partial charge on any atom is -0.453 e. The minimum atomic E-state index is -1.59. The van der Waals surface area contributed by atoms with Gasteiger partial charge in [0, 0.05) is 40.6 Å². The normalized spacial score (nSPS) is 12.3. The van der Waals surface area contributed by atoms with Gasteiger partial charge in [-0.2, -0.15) is 0 Å². The molecule has 0 radical (unpaired) electrons. The first-order chi connectivity index (χ1) is 20.2. The van der Waals surface area contributed by atoms with Crippen LogP contribution in [0.1, 0.15) is 70.7 Å². The van der Waals surface area contributed by atoms with Crippen molar-refractivity contribution < 1.29 is 37.4 Å². The summed E-state index contributed by atoms with van der Waals surface area (Å²) >= 11 is 7.82. The second kappa shape index (κ2) is 21.7. The zero-order chi connectivity index (χ0) is 33.1. The van der Waals surface area contributed by atoms with Gasteiger partial charge >= 0.3 is 6.09 Å². The summed E-state index contributed by atoms with van der Waals surface area (Å²) in [6.07, 6.45) is 2.74. The van der Waals surface area contributed by atoms with E-state index in [-0.39, 0.29) is 29.0 Å². The maximum atomic E-state index is 13.4. The number of hydrogen-bond acceptors (Lipinski definition) is 6. The fourth-order valence-corrected chi connectivity index (χ4v) is 5.11. The molecule has 43 heavy (non-hydrogen) atoms. The summed E-state index contributed by atoms with van der Waals surface area (Å²) in [6, 6.07) is 6.11. The average Bonchev–Trinajstić information content (AvgIpc) is 2.95. The van der Waals surface area contributed by atoms with Gasteiger partial charge in [0.1, 0.15) is 0 Å². The highest BCUT2D eigenvalue weighted by molar-refractivity contribution is 8.00. The lowest BCUT2D eigenvalue weighted by atomic mass is 9.98. The van der Waals surface area contributed by atoms with Gasteiger partial charge in [-0.15, -0.1) is 11.8 Å². The molecule has 3 unspecified atom stereocenters. The SMILES string of the molecule is CCC.CCCC(C)C(CC(C)O)Sc1cc(C(=O)Nc2cc(F)c(F)c(F)c2)ccc1Cl.CNC(=O)CNC(=O)OC. The number of aliphatic hydroxyl groups is 1. The van der Waals surface area contributed by atoms with Gasteiger partial charge in [-0.3, -0.25) is 9.59 Å². The third-order valence-corrected chi connectivity index (χ3v) is 7.52. The van der Waals surface area contributed by atoms with Crippen molar-refractivity contribution >= 4 is 47.0 Å². The second-order valence-electron chi connectivity index (χ2n) is 9.59. The van der Waals surface area contributed by atoms with Crippen LogP contribution in [0.25, 0.3) is 0 Å². The van der Waals surface area contributed by atoms with Gasteiger partial charge in [0.2, 0.25) is 5.91 Å². The number of aliphatic hydroxyl groups excluding tert-OH is 1. The van der Waals surface area contributed by atoms with Crippen LogP contribution in [-0.4, -0.2) is 55.1 Å². The predicted molar refractivity (Wildman–Crippen MR) is 166 cm³/mol.